The molecule has 1 unspecified atom stereocenters. The van der Waals surface area contributed by atoms with Crippen LogP contribution in [0.2, 0.25) is 0 Å². The summed E-state index contributed by atoms with van der Waals surface area (Å²) in [6.45, 7) is 0.738. The summed E-state index contributed by atoms with van der Waals surface area (Å²) in [4.78, 5) is 15.3. The molecule has 1 aliphatic rings. The average molecular weight is 443 g/mol. The Morgan fingerprint density at radius 3 is 2.66 bits per heavy atom. The monoisotopic (exact) mass is 442 g/mol. The third-order valence-electron chi connectivity index (χ3n) is 5.33. The molecule has 8 heteroatoms. The molecule has 6 rings (SSSR count). The van der Waals surface area contributed by atoms with Crippen molar-refractivity contribution in [3.63, 3.8) is 0 Å². The molecule has 0 N–H and O–H groups in total. The smallest absolute Gasteiger partial charge is 0.256 e. The molecule has 0 radical (unpaired) electrons. The molecule has 1 saturated heterocycles. The summed E-state index contributed by atoms with van der Waals surface area (Å²) >= 11 is 1.62. The quantitative estimate of drug-likeness (QED) is 0.327. The molecule has 32 heavy (non-hydrogen) atoms. The van der Waals surface area contributed by atoms with Crippen molar-refractivity contribution >= 4 is 21.6 Å². The van der Waals surface area contributed by atoms with Gasteiger partial charge in [-0.25, -0.2) is 9.97 Å². The minimum absolute atomic E-state index is 0.0922. The molecule has 1 aliphatic heterocycles. The SMILES string of the molecule is c1ccc(-c2cc3c(Oc4ccc(-c5noc(C6CCCO6)n5)cc4)ncnc3s2)cc1. The van der Waals surface area contributed by atoms with Crippen LogP contribution in [0.5, 0.6) is 11.6 Å². The van der Waals surface area contributed by atoms with Crippen molar-refractivity contribution in [1.29, 1.82) is 0 Å². The van der Waals surface area contributed by atoms with Crippen molar-refractivity contribution in [3.8, 4) is 33.5 Å². The number of rotatable bonds is 5. The molecular weight excluding hydrogens is 424 g/mol. The van der Waals surface area contributed by atoms with Gasteiger partial charge in [0.05, 0.1) is 5.39 Å². The Balaban J connectivity index is 1.24. The Kier molecular flexibility index (Phi) is 4.86. The van der Waals surface area contributed by atoms with Crippen LogP contribution in [-0.4, -0.2) is 26.7 Å². The normalized spacial score (nSPS) is 15.9. The van der Waals surface area contributed by atoms with Crippen molar-refractivity contribution in [2.75, 3.05) is 6.61 Å². The van der Waals surface area contributed by atoms with Gasteiger partial charge in [-0.2, -0.15) is 4.98 Å². The molecule has 5 aromatic rings. The van der Waals surface area contributed by atoms with Crippen LogP contribution in [0.25, 0.3) is 32.0 Å². The standard InChI is InChI=1S/C24H18N4O3S/c1-2-5-15(6-3-1)20-13-18-22(25-14-26-24(18)32-20)30-17-10-8-16(9-11-17)21-27-23(31-28-21)19-7-4-12-29-19/h1-3,5-6,8-11,13-14,19H,4,7,12H2. The third-order valence-corrected chi connectivity index (χ3v) is 6.42. The van der Waals surface area contributed by atoms with Crippen molar-refractivity contribution in [3.05, 3.63) is 72.9 Å². The summed E-state index contributed by atoms with van der Waals surface area (Å²) in [5, 5.41) is 4.98. The second-order valence-electron chi connectivity index (χ2n) is 7.46. The van der Waals surface area contributed by atoms with Crippen LogP contribution < -0.4 is 4.74 Å². The van der Waals surface area contributed by atoms with E-state index in [2.05, 4.69) is 38.3 Å². The maximum atomic E-state index is 6.09. The number of benzene rings is 2. The molecule has 158 valence electrons. The number of ether oxygens (including phenoxy) is 2. The summed E-state index contributed by atoms with van der Waals surface area (Å²) in [6, 6.07) is 19.8. The highest BCUT2D eigenvalue weighted by Gasteiger charge is 2.24. The van der Waals surface area contributed by atoms with Gasteiger partial charge in [-0.05, 0) is 48.7 Å². The first-order chi connectivity index (χ1) is 15.8. The zero-order valence-corrected chi connectivity index (χ0v) is 17.8. The van der Waals surface area contributed by atoms with E-state index in [1.54, 1.807) is 11.3 Å². The van der Waals surface area contributed by atoms with E-state index in [1.165, 1.54) is 6.33 Å². The number of nitrogens with zero attached hydrogens (tertiary/aromatic N) is 4. The average Bonchev–Trinajstić information content (AvgIpc) is 3.61. The minimum atomic E-state index is -0.0922. The van der Waals surface area contributed by atoms with Gasteiger partial charge >= 0.3 is 0 Å². The fourth-order valence-electron chi connectivity index (χ4n) is 3.70. The summed E-state index contributed by atoms with van der Waals surface area (Å²) < 4.78 is 17.1. The van der Waals surface area contributed by atoms with Crippen LogP contribution >= 0.6 is 11.3 Å². The van der Waals surface area contributed by atoms with E-state index >= 15 is 0 Å². The predicted molar refractivity (Wildman–Crippen MR) is 121 cm³/mol. The highest BCUT2D eigenvalue weighted by atomic mass is 32.1. The topological polar surface area (TPSA) is 83.2 Å². The van der Waals surface area contributed by atoms with Crippen molar-refractivity contribution in [1.82, 2.24) is 20.1 Å². The molecule has 0 saturated carbocycles. The lowest BCUT2D eigenvalue weighted by atomic mass is 10.2. The summed E-state index contributed by atoms with van der Waals surface area (Å²) in [6.07, 6.45) is 3.37. The number of thiophene rings is 1. The third kappa shape index (κ3) is 3.63. The maximum Gasteiger partial charge on any atom is 0.256 e. The Labute approximate surface area is 187 Å². The number of hydrogen-bond donors (Lipinski definition) is 0. The van der Waals surface area contributed by atoms with E-state index < -0.39 is 0 Å². The molecule has 1 atom stereocenters. The number of fused-ring (bicyclic) bond motifs is 1. The molecule has 2 aromatic carbocycles. The summed E-state index contributed by atoms with van der Waals surface area (Å²) in [7, 11) is 0. The van der Waals surface area contributed by atoms with Gasteiger partial charge in [0, 0.05) is 17.0 Å². The number of aromatic nitrogens is 4. The second-order valence-corrected chi connectivity index (χ2v) is 8.49. The lowest BCUT2D eigenvalue weighted by Gasteiger charge is -2.05. The van der Waals surface area contributed by atoms with E-state index in [-0.39, 0.29) is 6.10 Å². The van der Waals surface area contributed by atoms with Gasteiger partial charge in [0.15, 0.2) is 0 Å². The fraction of sp³-hybridized carbons (Fsp3) is 0.167. The van der Waals surface area contributed by atoms with Crippen molar-refractivity contribution in [2.45, 2.75) is 18.9 Å². The minimum Gasteiger partial charge on any atom is -0.438 e. The molecule has 0 spiro atoms. The lowest BCUT2D eigenvalue weighted by molar-refractivity contribution is 0.0835. The lowest BCUT2D eigenvalue weighted by Crippen LogP contribution is -1.95. The van der Waals surface area contributed by atoms with Gasteiger partial charge < -0.3 is 14.0 Å². The van der Waals surface area contributed by atoms with Crippen molar-refractivity contribution < 1.29 is 14.0 Å². The fourth-order valence-corrected chi connectivity index (χ4v) is 4.69. The molecule has 0 aliphatic carbocycles. The van der Waals surface area contributed by atoms with Gasteiger partial charge in [0.25, 0.3) is 5.89 Å². The van der Waals surface area contributed by atoms with E-state index in [0.717, 1.165) is 45.7 Å². The van der Waals surface area contributed by atoms with Crippen LogP contribution in [0, 0.1) is 0 Å². The van der Waals surface area contributed by atoms with E-state index in [9.17, 15) is 0 Å². The highest BCUT2D eigenvalue weighted by molar-refractivity contribution is 7.21. The van der Waals surface area contributed by atoms with E-state index in [0.29, 0.717) is 23.3 Å². The maximum absolute atomic E-state index is 6.09. The van der Waals surface area contributed by atoms with Gasteiger partial charge in [0.1, 0.15) is 23.0 Å². The Bertz CT molecular complexity index is 1360. The van der Waals surface area contributed by atoms with Crippen molar-refractivity contribution in [2.24, 2.45) is 0 Å². The van der Waals surface area contributed by atoms with E-state index in [1.807, 2.05) is 42.5 Å². The summed E-state index contributed by atoms with van der Waals surface area (Å²) in [5.41, 5.74) is 1.99. The zero-order valence-electron chi connectivity index (χ0n) is 17.0. The molecule has 7 nitrogen and oxygen atoms in total. The molecule has 3 aromatic heterocycles. The Hall–Kier alpha value is -3.62. The van der Waals surface area contributed by atoms with Gasteiger partial charge in [-0.15, -0.1) is 11.3 Å². The van der Waals surface area contributed by atoms with Crippen LogP contribution in [0.4, 0.5) is 0 Å². The second kappa shape index (κ2) is 8.14. The molecule has 0 amide bonds. The first kappa shape index (κ1) is 19.1. The molecule has 0 bridgehead atoms. The Morgan fingerprint density at radius 2 is 1.84 bits per heavy atom. The zero-order chi connectivity index (χ0) is 21.3. The highest BCUT2D eigenvalue weighted by Crippen LogP contribution is 2.37. The Morgan fingerprint density at radius 1 is 0.969 bits per heavy atom. The first-order valence-corrected chi connectivity index (χ1v) is 11.2. The van der Waals surface area contributed by atoms with Gasteiger partial charge in [0.2, 0.25) is 11.7 Å². The first-order valence-electron chi connectivity index (χ1n) is 10.4. The molecular formula is C24H18N4O3S. The van der Waals surface area contributed by atoms with Crippen LogP contribution in [-0.2, 0) is 4.74 Å². The molecule has 1 fully saturated rings. The predicted octanol–water partition coefficient (Wildman–Crippen LogP) is 6.05. The van der Waals surface area contributed by atoms with E-state index in [4.69, 9.17) is 14.0 Å². The van der Waals surface area contributed by atoms with Crippen LogP contribution in [0.15, 0.2) is 71.5 Å². The molecule has 4 heterocycles. The summed E-state index contributed by atoms with van der Waals surface area (Å²) in [5.74, 6) is 2.27. The largest absolute Gasteiger partial charge is 0.438 e. The van der Waals surface area contributed by atoms with Gasteiger partial charge in [-0.1, -0.05) is 35.5 Å². The van der Waals surface area contributed by atoms with Crippen LogP contribution in [0.3, 0.4) is 0 Å². The van der Waals surface area contributed by atoms with Crippen LogP contribution in [0.1, 0.15) is 24.8 Å². The van der Waals surface area contributed by atoms with Gasteiger partial charge in [-0.3, -0.25) is 0 Å². The number of hydrogen-bond acceptors (Lipinski definition) is 8.